The van der Waals surface area contributed by atoms with Crippen molar-refractivity contribution in [3.8, 4) is 0 Å². The van der Waals surface area contributed by atoms with Crippen molar-refractivity contribution in [1.29, 1.82) is 0 Å². The van der Waals surface area contributed by atoms with Gasteiger partial charge in [-0.1, -0.05) is 24.3 Å². The monoisotopic (exact) mass is 253 g/mol. The molecule has 0 atom stereocenters. The summed E-state index contributed by atoms with van der Waals surface area (Å²) >= 11 is 0. The van der Waals surface area contributed by atoms with Crippen molar-refractivity contribution in [2.45, 2.75) is 12.7 Å². The Bertz CT molecular complexity index is 558. The van der Waals surface area contributed by atoms with E-state index in [0.717, 1.165) is 11.6 Å². The molecule has 1 nitrogen and oxygen atoms in total. The van der Waals surface area contributed by atoms with E-state index in [2.05, 4.69) is 0 Å². The summed E-state index contributed by atoms with van der Waals surface area (Å²) in [6.07, 6.45) is -4.31. The Morgan fingerprint density at radius 3 is 2.39 bits per heavy atom. The van der Waals surface area contributed by atoms with Gasteiger partial charge in [0.2, 0.25) is 0 Å². The summed E-state index contributed by atoms with van der Waals surface area (Å²) < 4.78 is 38.7. The molecule has 0 heterocycles. The number of hydrogen-bond acceptors (Lipinski definition) is 1. The second-order valence-electron chi connectivity index (χ2n) is 4.60. The second-order valence-corrected chi connectivity index (χ2v) is 4.60. The first-order chi connectivity index (χ1) is 8.38. The number of halogens is 3. The summed E-state index contributed by atoms with van der Waals surface area (Å²) in [5, 5.41) is 0.886. The number of alkyl halides is 3. The minimum Gasteiger partial charge on any atom is -0.305 e. The van der Waals surface area contributed by atoms with Crippen molar-refractivity contribution >= 4 is 10.8 Å². The average molecular weight is 253 g/mol. The number of benzene rings is 2. The SMILES string of the molecule is CN(C)Cc1ccc2cccc(C(F)(F)F)c2c1. The summed E-state index contributed by atoms with van der Waals surface area (Å²) in [4.78, 5) is 1.93. The quantitative estimate of drug-likeness (QED) is 0.784. The Kier molecular flexibility index (Phi) is 3.30. The van der Waals surface area contributed by atoms with E-state index in [9.17, 15) is 13.2 Å². The van der Waals surface area contributed by atoms with Gasteiger partial charge in [0, 0.05) is 6.54 Å². The molecule has 0 saturated heterocycles. The lowest BCUT2D eigenvalue weighted by Crippen LogP contribution is -2.11. The van der Waals surface area contributed by atoms with Crippen LogP contribution in [0.1, 0.15) is 11.1 Å². The molecule has 0 radical (unpaired) electrons. The van der Waals surface area contributed by atoms with E-state index in [1.807, 2.05) is 25.1 Å². The Labute approximate surface area is 104 Å². The van der Waals surface area contributed by atoms with Crippen molar-refractivity contribution in [3.05, 3.63) is 47.5 Å². The topological polar surface area (TPSA) is 3.24 Å². The molecule has 0 aliphatic rings. The Hall–Kier alpha value is -1.55. The van der Waals surface area contributed by atoms with Gasteiger partial charge in [-0.05, 0) is 42.6 Å². The van der Waals surface area contributed by atoms with Gasteiger partial charge in [0.1, 0.15) is 0 Å². The van der Waals surface area contributed by atoms with Gasteiger partial charge in [0.25, 0.3) is 0 Å². The van der Waals surface area contributed by atoms with Crippen molar-refractivity contribution in [3.63, 3.8) is 0 Å². The summed E-state index contributed by atoms with van der Waals surface area (Å²) in [6, 6.07) is 9.49. The normalized spacial score (nSPS) is 12.3. The molecule has 4 heteroatoms. The fraction of sp³-hybridized carbons (Fsp3) is 0.286. The molecule has 18 heavy (non-hydrogen) atoms. The third-order valence-electron chi connectivity index (χ3n) is 2.75. The fourth-order valence-corrected chi connectivity index (χ4v) is 2.03. The van der Waals surface area contributed by atoms with Crippen LogP contribution in [-0.4, -0.2) is 19.0 Å². The van der Waals surface area contributed by atoms with E-state index >= 15 is 0 Å². The van der Waals surface area contributed by atoms with Gasteiger partial charge in [-0.2, -0.15) is 13.2 Å². The molecule has 0 unspecified atom stereocenters. The number of nitrogens with zero attached hydrogens (tertiary/aromatic N) is 1. The predicted molar refractivity (Wildman–Crippen MR) is 66.3 cm³/mol. The van der Waals surface area contributed by atoms with E-state index in [-0.39, 0.29) is 5.39 Å². The van der Waals surface area contributed by atoms with E-state index in [4.69, 9.17) is 0 Å². The first kappa shape index (κ1) is 12.9. The highest BCUT2D eigenvalue weighted by Gasteiger charge is 2.32. The lowest BCUT2D eigenvalue weighted by molar-refractivity contribution is -0.136. The van der Waals surface area contributed by atoms with Crippen LogP contribution in [0, 0.1) is 0 Å². The highest BCUT2D eigenvalue weighted by atomic mass is 19.4. The molecule has 0 aromatic heterocycles. The van der Waals surface area contributed by atoms with Crippen molar-refractivity contribution in [1.82, 2.24) is 4.90 Å². The van der Waals surface area contributed by atoms with Gasteiger partial charge in [-0.25, -0.2) is 0 Å². The fourth-order valence-electron chi connectivity index (χ4n) is 2.03. The molecular weight excluding hydrogens is 239 g/mol. The summed E-state index contributed by atoms with van der Waals surface area (Å²) in [7, 11) is 3.78. The Morgan fingerprint density at radius 2 is 1.78 bits per heavy atom. The Balaban J connectivity index is 2.59. The molecule has 0 aliphatic carbocycles. The molecule has 0 N–H and O–H groups in total. The standard InChI is InChI=1S/C14H14F3N/c1-18(2)9-10-6-7-11-4-3-5-13(12(11)8-10)14(15,16)17/h3-8H,9H2,1-2H3. The van der Waals surface area contributed by atoms with Gasteiger partial charge in [0.15, 0.2) is 0 Å². The number of fused-ring (bicyclic) bond motifs is 1. The van der Waals surface area contributed by atoms with Gasteiger partial charge in [-0.15, -0.1) is 0 Å². The number of rotatable bonds is 2. The molecule has 2 aromatic rings. The van der Waals surface area contributed by atoms with Crippen LogP contribution in [0.2, 0.25) is 0 Å². The molecule has 0 fully saturated rings. The van der Waals surface area contributed by atoms with Gasteiger partial charge in [0.05, 0.1) is 5.56 Å². The van der Waals surface area contributed by atoms with Crippen LogP contribution in [0.5, 0.6) is 0 Å². The van der Waals surface area contributed by atoms with Crippen LogP contribution in [0.4, 0.5) is 13.2 Å². The van der Waals surface area contributed by atoms with Gasteiger partial charge >= 0.3 is 6.18 Å². The summed E-state index contributed by atoms with van der Waals surface area (Å²) in [5.74, 6) is 0. The molecule has 96 valence electrons. The lowest BCUT2D eigenvalue weighted by atomic mass is 10.0. The highest BCUT2D eigenvalue weighted by molar-refractivity contribution is 5.86. The zero-order valence-electron chi connectivity index (χ0n) is 10.3. The molecule has 0 bridgehead atoms. The third-order valence-corrected chi connectivity index (χ3v) is 2.75. The molecule has 0 spiro atoms. The van der Waals surface area contributed by atoms with Crippen molar-refractivity contribution < 1.29 is 13.2 Å². The van der Waals surface area contributed by atoms with E-state index in [1.165, 1.54) is 6.07 Å². The minimum atomic E-state index is -4.31. The number of hydrogen-bond donors (Lipinski definition) is 0. The molecule has 0 amide bonds. The van der Waals surface area contributed by atoms with E-state index in [0.29, 0.717) is 11.9 Å². The van der Waals surface area contributed by atoms with Crippen LogP contribution in [0.15, 0.2) is 36.4 Å². The largest absolute Gasteiger partial charge is 0.417 e. The molecule has 0 aliphatic heterocycles. The molecule has 2 aromatic carbocycles. The smallest absolute Gasteiger partial charge is 0.305 e. The Morgan fingerprint density at radius 1 is 1.06 bits per heavy atom. The van der Waals surface area contributed by atoms with Crippen LogP contribution in [0.25, 0.3) is 10.8 Å². The maximum absolute atomic E-state index is 12.9. The van der Waals surface area contributed by atoms with Crippen LogP contribution in [0.3, 0.4) is 0 Å². The minimum absolute atomic E-state index is 0.268. The first-order valence-corrected chi connectivity index (χ1v) is 5.61. The summed E-state index contributed by atoms with van der Waals surface area (Å²) in [6.45, 7) is 0.627. The maximum atomic E-state index is 12.9. The van der Waals surface area contributed by atoms with Gasteiger partial charge < -0.3 is 4.90 Å². The van der Waals surface area contributed by atoms with Crippen LogP contribution < -0.4 is 0 Å². The highest BCUT2D eigenvalue weighted by Crippen LogP contribution is 2.35. The maximum Gasteiger partial charge on any atom is 0.417 e. The molecule has 2 rings (SSSR count). The van der Waals surface area contributed by atoms with Crippen molar-refractivity contribution in [2.75, 3.05) is 14.1 Å². The lowest BCUT2D eigenvalue weighted by Gasteiger charge is -2.13. The van der Waals surface area contributed by atoms with E-state index < -0.39 is 11.7 Å². The van der Waals surface area contributed by atoms with Crippen molar-refractivity contribution in [2.24, 2.45) is 0 Å². The average Bonchev–Trinajstić information content (AvgIpc) is 2.26. The summed E-state index contributed by atoms with van der Waals surface area (Å²) in [5.41, 5.74) is 0.310. The molecule has 0 saturated carbocycles. The second kappa shape index (κ2) is 4.61. The van der Waals surface area contributed by atoms with Gasteiger partial charge in [-0.3, -0.25) is 0 Å². The first-order valence-electron chi connectivity index (χ1n) is 5.61. The predicted octanol–water partition coefficient (Wildman–Crippen LogP) is 3.92. The zero-order valence-corrected chi connectivity index (χ0v) is 10.3. The zero-order chi connectivity index (χ0) is 13.3. The third kappa shape index (κ3) is 2.64. The van der Waals surface area contributed by atoms with Crippen LogP contribution in [-0.2, 0) is 12.7 Å². The molecular formula is C14H14F3N. The van der Waals surface area contributed by atoms with E-state index in [1.54, 1.807) is 18.2 Å². The van der Waals surface area contributed by atoms with Crippen LogP contribution >= 0.6 is 0 Å².